The van der Waals surface area contributed by atoms with Crippen molar-refractivity contribution < 1.29 is 14.6 Å². The third-order valence-electron chi connectivity index (χ3n) is 2.78. The van der Waals surface area contributed by atoms with Crippen LogP contribution in [0.25, 0.3) is 0 Å². The van der Waals surface area contributed by atoms with E-state index in [1.165, 1.54) is 0 Å². The lowest BCUT2D eigenvalue weighted by molar-refractivity contribution is -0.132. The van der Waals surface area contributed by atoms with Crippen LogP contribution in [0.2, 0.25) is 0 Å². The number of hydrogen-bond donors (Lipinski definition) is 1. The van der Waals surface area contributed by atoms with E-state index < -0.39 is 5.60 Å². The van der Waals surface area contributed by atoms with E-state index in [4.69, 9.17) is 4.74 Å². The molecule has 1 N–H and O–H groups in total. The van der Waals surface area contributed by atoms with Gasteiger partial charge in [-0.15, -0.1) is 0 Å². The molecule has 4 nitrogen and oxygen atoms in total. The number of nitrogens with zero attached hydrogens (tertiary/aromatic N) is 1. The summed E-state index contributed by atoms with van der Waals surface area (Å²) in [7, 11) is 1.64. The van der Waals surface area contributed by atoms with E-state index in [0.717, 1.165) is 0 Å². The molecule has 0 aromatic carbocycles. The molecule has 0 aromatic rings. The number of aliphatic hydroxyl groups is 1. The van der Waals surface area contributed by atoms with Gasteiger partial charge in [0.05, 0.1) is 5.60 Å². The van der Waals surface area contributed by atoms with Gasteiger partial charge in [-0.3, -0.25) is 4.79 Å². The van der Waals surface area contributed by atoms with Gasteiger partial charge in [-0.25, -0.2) is 0 Å². The molecule has 88 valence electrons. The minimum absolute atomic E-state index is 0.123. The van der Waals surface area contributed by atoms with Crippen LogP contribution in [0.15, 0.2) is 0 Å². The highest BCUT2D eigenvalue weighted by Gasteiger charge is 2.33. The number of carbonyl (C=O) groups is 1. The summed E-state index contributed by atoms with van der Waals surface area (Å²) in [6.45, 7) is 5.52. The van der Waals surface area contributed by atoms with E-state index >= 15 is 0 Å². The Labute approximate surface area is 91.2 Å². The van der Waals surface area contributed by atoms with Crippen LogP contribution in [0, 0.1) is 5.92 Å². The molecule has 1 rings (SSSR count). The molecular formula is C11H21NO3. The molecule has 1 saturated heterocycles. The van der Waals surface area contributed by atoms with Crippen molar-refractivity contribution in [1.29, 1.82) is 0 Å². The molecule has 1 heterocycles. The Hall–Kier alpha value is -0.610. The summed E-state index contributed by atoms with van der Waals surface area (Å²) in [4.78, 5) is 13.5. The summed E-state index contributed by atoms with van der Waals surface area (Å²) in [5.74, 6) is 0.366. The van der Waals surface area contributed by atoms with Gasteiger partial charge in [0.15, 0.2) is 0 Å². The summed E-state index contributed by atoms with van der Waals surface area (Å²) in [6, 6.07) is 0. The molecule has 0 aliphatic carbocycles. The Bertz CT molecular complexity index is 228. The van der Waals surface area contributed by atoms with Crippen LogP contribution < -0.4 is 0 Å². The first-order chi connectivity index (χ1) is 6.94. The third-order valence-corrected chi connectivity index (χ3v) is 2.78. The maximum atomic E-state index is 11.8. The zero-order valence-corrected chi connectivity index (χ0v) is 9.82. The number of rotatable bonds is 4. The Morgan fingerprint density at radius 2 is 2.33 bits per heavy atom. The van der Waals surface area contributed by atoms with Crippen molar-refractivity contribution in [3.05, 3.63) is 0 Å². The number of amides is 1. The standard InChI is InChI=1S/C11H21NO3/c1-9(7-15-3)6-10(13)12-5-4-11(2,14)8-12/h9,14H,4-8H2,1-3H3. The smallest absolute Gasteiger partial charge is 0.223 e. The van der Waals surface area contributed by atoms with Crippen molar-refractivity contribution in [3.63, 3.8) is 0 Å². The van der Waals surface area contributed by atoms with Gasteiger partial charge in [-0.05, 0) is 19.3 Å². The van der Waals surface area contributed by atoms with Crippen LogP contribution in [0.3, 0.4) is 0 Å². The Morgan fingerprint density at radius 1 is 1.67 bits per heavy atom. The van der Waals surface area contributed by atoms with Crippen molar-refractivity contribution in [2.75, 3.05) is 26.8 Å². The van der Waals surface area contributed by atoms with Gasteiger partial charge in [0, 0.05) is 33.2 Å². The fraction of sp³-hybridized carbons (Fsp3) is 0.909. The van der Waals surface area contributed by atoms with Crippen LogP contribution >= 0.6 is 0 Å². The molecule has 0 spiro atoms. The van der Waals surface area contributed by atoms with Gasteiger partial charge >= 0.3 is 0 Å². The van der Waals surface area contributed by atoms with Crippen molar-refractivity contribution in [2.24, 2.45) is 5.92 Å². The maximum Gasteiger partial charge on any atom is 0.223 e. The fourth-order valence-electron chi connectivity index (χ4n) is 1.93. The Morgan fingerprint density at radius 3 is 2.80 bits per heavy atom. The van der Waals surface area contributed by atoms with E-state index in [1.807, 2.05) is 6.92 Å². The molecule has 0 aromatic heterocycles. The Balaban J connectivity index is 2.35. The molecule has 0 saturated carbocycles. The van der Waals surface area contributed by atoms with E-state index in [0.29, 0.717) is 32.5 Å². The molecule has 2 unspecified atom stereocenters. The van der Waals surface area contributed by atoms with Gasteiger partial charge < -0.3 is 14.7 Å². The van der Waals surface area contributed by atoms with Crippen molar-refractivity contribution >= 4 is 5.91 Å². The largest absolute Gasteiger partial charge is 0.388 e. The summed E-state index contributed by atoms with van der Waals surface area (Å²) in [5.41, 5.74) is -0.694. The monoisotopic (exact) mass is 215 g/mol. The van der Waals surface area contributed by atoms with Crippen molar-refractivity contribution in [2.45, 2.75) is 32.3 Å². The quantitative estimate of drug-likeness (QED) is 0.749. The van der Waals surface area contributed by atoms with Crippen LogP contribution in [-0.2, 0) is 9.53 Å². The summed E-state index contributed by atoms with van der Waals surface area (Å²) in [5, 5.41) is 9.73. The molecular weight excluding hydrogens is 194 g/mol. The zero-order chi connectivity index (χ0) is 11.5. The number of hydrogen-bond acceptors (Lipinski definition) is 3. The predicted molar refractivity (Wildman–Crippen MR) is 57.5 cm³/mol. The zero-order valence-electron chi connectivity index (χ0n) is 9.82. The summed E-state index contributed by atoms with van der Waals surface area (Å²) in [6.07, 6.45) is 1.18. The van der Waals surface area contributed by atoms with Gasteiger partial charge in [-0.2, -0.15) is 0 Å². The number of methoxy groups -OCH3 is 1. The van der Waals surface area contributed by atoms with Crippen molar-refractivity contribution in [1.82, 2.24) is 4.90 Å². The van der Waals surface area contributed by atoms with Crippen LogP contribution in [0.4, 0.5) is 0 Å². The van der Waals surface area contributed by atoms with E-state index in [9.17, 15) is 9.90 Å². The molecule has 15 heavy (non-hydrogen) atoms. The molecule has 1 fully saturated rings. The fourth-order valence-corrected chi connectivity index (χ4v) is 1.93. The lowest BCUT2D eigenvalue weighted by atomic mass is 10.1. The first-order valence-electron chi connectivity index (χ1n) is 5.44. The van der Waals surface area contributed by atoms with Gasteiger partial charge in [-0.1, -0.05) is 6.92 Å². The van der Waals surface area contributed by atoms with E-state index in [2.05, 4.69) is 0 Å². The number of ether oxygens (including phenoxy) is 1. The second-order valence-corrected chi connectivity index (χ2v) is 4.83. The highest BCUT2D eigenvalue weighted by molar-refractivity contribution is 5.76. The lowest BCUT2D eigenvalue weighted by Crippen LogP contribution is -2.34. The highest BCUT2D eigenvalue weighted by atomic mass is 16.5. The number of likely N-dealkylation sites (tertiary alicyclic amines) is 1. The van der Waals surface area contributed by atoms with Crippen LogP contribution in [0.1, 0.15) is 26.7 Å². The summed E-state index contributed by atoms with van der Waals surface area (Å²) >= 11 is 0. The van der Waals surface area contributed by atoms with Crippen LogP contribution in [0.5, 0.6) is 0 Å². The SMILES string of the molecule is COCC(C)CC(=O)N1CCC(C)(O)C1. The van der Waals surface area contributed by atoms with Gasteiger partial charge in [0.2, 0.25) is 5.91 Å². The highest BCUT2D eigenvalue weighted by Crippen LogP contribution is 2.21. The molecule has 1 aliphatic rings. The first-order valence-corrected chi connectivity index (χ1v) is 5.44. The first kappa shape index (κ1) is 12.5. The van der Waals surface area contributed by atoms with Crippen LogP contribution in [-0.4, -0.2) is 48.3 Å². The number of carbonyl (C=O) groups excluding carboxylic acids is 1. The molecule has 1 aliphatic heterocycles. The molecule has 0 radical (unpaired) electrons. The molecule has 0 bridgehead atoms. The molecule has 2 atom stereocenters. The lowest BCUT2D eigenvalue weighted by Gasteiger charge is -2.20. The van der Waals surface area contributed by atoms with E-state index in [-0.39, 0.29) is 11.8 Å². The Kier molecular flexibility index (Phi) is 4.11. The average molecular weight is 215 g/mol. The summed E-state index contributed by atoms with van der Waals surface area (Å²) < 4.78 is 4.99. The average Bonchev–Trinajstić information content (AvgIpc) is 2.46. The molecule has 1 amide bonds. The second-order valence-electron chi connectivity index (χ2n) is 4.83. The number of β-amino-alcohol motifs (C(OH)–C–C–N with tert-alkyl or cyclic N) is 1. The topological polar surface area (TPSA) is 49.8 Å². The van der Waals surface area contributed by atoms with Gasteiger partial charge in [0.25, 0.3) is 0 Å². The third kappa shape index (κ3) is 3.80. The minimum atomic E-state index is -0.694. The normalized spacial score (nSPS) is 28.1. The van der Waals surface area contributed by atoms with E-state index in [1.54, 1.807) is 18.9 Å². The second kappa shape index (κ2) is 4.94. The van der Waals surface area contributed by atoms with Gasteiger partial charge in [0.1, 0.15) is 0 Å². The molecule has 4 heteroatoms. The minimum Gasteiger partial charge on any atom is -0.388 e. The predicted octanol–water partition coefficient (Wildman–Crippen LogP) is 0.642. The maximum absolute atomic E-state index is 11.8. The van der Waals surface area contributed by atoms with Crippen molar-refractivity contribution in [3.8, 4) is 0 Å².